The van der Waals surface area contributed by atoms with Crippen molar-refractivity contribution in [3.05, 3.63) is 68.9 Å². The minimum atomic E-state index is -0.349. The first-order valence-corrected chi connectivity index (χ1v) is 11.6. The minimum Gasteiger partial charge on any atom is -0.342 e. The molecule has 0 saturated heterocycles. The summed E-state index contributed by atoms with van der Waals surface area (Å²) in [6, 6.07) is 12.3. The molecule has 0 spiro atoms. The number of aromatic nitrogens is 3. The second-order valence-electron chi connectivity index (χ2n) is 6.88. The van der Waals surface area contributed by atoms with Crippen LogP contribution in [-0.2, 0) is 11.8 Å². The molecule has 1 heterocycles. The number of amides is 2. The highest BCUT2D eigenvalue weighted by Crippen LogP contribution is 2.26. The summed E-state index contributed by atoms with van der Waals surface area (Å²) in [4.78, 5) is 24.8. The van der Waals surface area contributed by atoms with E-state index in [1.165, 1.54) is 11.8 Å². The molecule has 0 aliphatic carbocycles. The van der Waals surface area contributed by atoms with Crippen LogP contribution in [0.2, 0.25) is 5.02 Å². The summed E-state index contributed by atoms with van der Waals surface area (Å²) in [5, 5.41) is 15.2. The van der Waals surface area contributed by atoms with Gasteiger partial charge in [-0.15, -0.1) is 10.2 Å². The van der Waals surface area contributed by atoms with Gasteiger partial charge < -0.3 is 15.2 Å². The van der Waals surface area contributed by atoms with Crippen molar-refractivity contribution in [2.75, 3.05) is 11.1 Å². The van der Waals surface area contributed by atoms with E-state index in [-0.39, 0.29) is 23.6 Å². The molecular formula is C21H21BrClN5O2S. The smallest absolute Gasteiger partial charge is 0.252 e. The van der Waals surface area contributed by atoms with Gasteiger partial charge in [0.05, 0.1) is 16.8 Å². The normalized spacial score (nSPS) is 11.8. The van der Waals surface area contributed by atoms with Crippen molar-refractivity contribution >= 4 is 56.8 Å². The third-order valence-corrected chi connectivity index (χ3v) is 6.78. The maximum atomic E-state index is 12.6. The van der Waals surface area contributed by atoms with Gasteiger partial charge in [-0.2, -0.15) is 0 Å². The molecule has 0 bridgehead atoms. The molecule has 10 heteroatoms. The second-order valence-corrected chi connectivity index (χ2v) is 9.08. The number of benzene rings is 2. The topological polar surface area (TPSA) is 88.9 Å². The number of carbonyl (C=O) groups excluding carboxylic acids is 2. The van der Waals surface area contributed by atoms with Crippen molar-refractivity contribution in [2.24, 2.45) is 7.05 Å². The van der Waals surface area contributed by atoms with E-state index in [1.54, 1.807) is 35.9 Å². The SMILES string of the molecule is Cc1ccccc1C(=O)N[C@@H](C)c1nnc(SCC(=O)Nc2ccc(Br)c(Cl)c2)n1C. The van der Waals surface area contributed by atoms with Gasteiger partial charge in [0, 0.05) is 22.8 Å². The van der Waals surface area contributed by atoms with E-state index in [2.05, 4.69) is 36.8 Å². The number of nitrogens with one attached hydrogen (secondary N) is 2. The third-order valence-electron chi connectivity index (χ3n) is 4.53. The van der Waals surface area contributed by atoms with E-state index in [0.29, 0.717) is 27.3 Å². The Labute approximate surface area is 198 Å². The standard InChI is InChI=1S/C21H21BrClN5O2S/c1-12-6-4-5-7-15(12)20(30)24-13(2)19-26-27-21(28(19)3)31-11-18(29)25-14-8-9-16(22)17(23)10-14/h4-10,13H,11H2,1-3H3,(H,24,30)(H,25,29)/t13-/m0/s1. The highest BCUT2D eigenvalue weighted by molar-refractivity contribution is 9.10. The Morgan fingerprint density at radius 2 is 1.97 bits per heavy atom. The number of anilines is 1. The fourth-order valence-electron chi connectivity index (χ4n) is 2.90. The number of hydrogen-bond acceptors (Lipinski definition) is 5. The molecular weight excluding hydrogens is 502 g/mol. The number of carbonyl (C=O) groups is 2. The zero-order valence-corrected chi connectivity index (χ0v) is 20.3. The van der Waals surface area contributed by atoms with E-state index < -0.39 is 0 Å². The van der Waals surface area contributed by atoms with Crippen LogP contribution in [0.3, 0.4) is 0 Å². The lowest BCUT2D eigenvalue weighted by Gasteiger charge is -2.14. The lowest BCUT2D eigenvalue weighted by Crippen LogP contribution is -2.29. The van der Waals surface area contributed by atoms with Crippen molar-refractivity contribution in [3.8, 4) is 0 Å². The molecule has 2 amide bonds. The quantitative estimate of drug-likeness (QED) is 0.437. The fraction of sp³-hybridized carbons (Fsp3) is 0.238. The molecule has 0 saturated carbocycles. The first kappa shape index (κ1) is 23.3. The summed E-state index contributed by atoms with van der Waals surface area (Å²) >= 11 is 10.6. The Kier molecular flexibility index (Phi) is 7.74. The molecule has 0 radical (unpaired) electrons. The lowest BCUT2D eigenvalue weighted by atomic mass is 10.1. The van der Waals surface area contributed by atoms with E-state index in [0.717, 1.165) is 10.0 Å². The zero-order valence-electron chi connectivity index (χ0n) is 17.1. The highest BCUT2D eigenvalue weighted by atomic mass is 79.9. The largest absolute Gasteiger partial charge is 0.342 e. The first-order chi connectivity index (χ1) is 14.8. The van der Waals surface area contributed by atoms with Gasteiger partial charge in [0.25, 0.3) is 5.91 Å². The monoisotopic (exact) mass is 521 g/mol. The molecule has 7 nitrogen and oxygen atoms in total. The van der Waals surface area contributed by atoms with Crippen LogP contribution < -0.4 is 10.6 Å². The maximum absolute atomic E-state index is 12.6. The summed E-state index contributed by atoms with van der Waals surface area (Å²) in [7, 11) is 1.81. The molecule has 3 rings (SSSR count). The minimum absolute atomic E-state index is 0.156. The molecule has 0 aliphatic rings. The highest BCUT2D eigenvalue weighted by Gasteiger charge is 2.19. The van der Waals surface area contributed by atoms with Gasteiger partial charge in [0.1, 0.15) is 0 Å². The Morgan fingerprint density at radius 3 is 2.68 bits per heavy atom. The van der Waals surface area contributed by atoms with Crippen LogP contribution >= 0.6 is 39.3 Å². The number of nitrogens with zero attached hydrogens (tertiary/aromatic N) is 3. The number of thioether (sulfide) groups is 1. The number of hydrogen-bond donors (Lipinski definition) is 2. The Morgan fingerprint density at radius 1 is 1.23 bits per heavy atom. The van der Waals surface area contributed by atoms with E-state index >= 15 is 0 Å². The van der Waals surface area contributed by atoms with Crippen molar-refractivity contribution in [1.29, 1.82) is 0 Å². The summed E-state index contributed by atoms with van der Waals surface area (Å²) in [6.45, 7) is 3.74. The first-order valence-electron chi connectivity index (χ1n) is 9.39. The second kappa shape index (κ2) is 10.3. The maximum Gasteiger partial charge on any atom is 0.252 e. The molecule has 162 valence electrons. The van der Waals surface area contributed by atoms with Crippen LogP contribution in [-0.4, -0.2) is 32.3 Å². The molecule has 0 unspecified atom stereocenters. The molecule has 31 heavy (non-hydrogen) atoms. The van der Waals surface area contributed by atoms with Gasteiger partial charge in [-0.05, 0) is 59.6 Å². The number of halogens is 2. The molecule has 0 aliphatic heterocycles. The molecule has 1 aromatic heterocycles. The fourth-order valence-corrected chi connectivity index (χ4v) is 4.04. The average molecular weight is 523 g/mol. The number of aryl methyl sites for hydroxylation is 1. The Bertz CT molecular complexity index is 1120. The lowest BCUT2D eigenvalue weighted by molar-refractivity contribution is -0.113. The predicted molar refractivity (Wildman–Crippen MR) is 127 cm³/mol. The van der Waals surface area contributed by atoms with Crippen LogP contribution in [0.4, 0.5) is 5.69 Å². The van der Waals surface area contributed by atoms with Crippen molar-refractivity contribution < 1.29 is 9.59 Å². The van der Waals surface area contributed by atoms with Crippen LogP contribution in [0.1, 0.15) is 34.7 Å². The summed E-state index contributed by atoms with van der Waals surface area (Å²) in [5.41, 5.74) is 2.14. The van der Waals surface area contributed by atoms with Crippen LogP contribution in [0.25, 0.3) is 0 Å². The van der Waals surface area contributed by atoms with Gasteiger partial charge >= 0.3 is 0 Å². The molecule has 2 aromatic carbocycles. The van der Waals surface area contributed by atoms with E-state index in [1.807, 2.05) is 32.0 Å². The van der Waals surface area contributed by atoms with Gasteiger partial charge in [-0.25, -0.2) is 0 Å². The molecule has 2 N–H and O–H groups in total. The molecule has 0 fully saturated rings. The van der Waals surface area contributed by atoms with Gasteiger partial charge in [-0.1, -0.05) is 41.6 Å². The van der Waals surface area contributed by atoms with Crippen molar-refractivity contribution in [1.82, 2.24) is 20.1 Å². The summed E-state index contributed by atoms with van der Waals surface area (Å²) in [5.74, 6) is 0.401. The Balaban J connectivity index is 1.59. The van der Waals surface area contributed by atoms with Crippen LogP contribution in [0.15, 0.2) is 52.1 Å². The molecule has 1 atom stereocenters. The van der Waals surface area contributed by atoms with Gasteiger partial charge in [-0.3, -0.25) is 9.59 Å². The van der Waals surface area contributed by atoms with Crippen molar-refractivity contribution in [3.63, 3.8) is 0 Å². The van der Waals surface area contributed by atoms with Crippen LogP contribution in [0, 0.1) is 6.92 Å². The van der Waals surface area contributed by atoms with E-state index in [9.17, 15) is 9.59 Å². The van der Waals surface area contributed by atoms with Crippen molar-refractivity contribution in [2.45, 2.75) is 25.0 Å². The summed E-state index contributed by atoms with van der Waals surface area (Å²) < 4.78 is 2.54. The Hall–Kier alpha value is -2.36. The summed E-state index contributed by atoms with van der Waals surface area (Å²) in [6.07, 6.45) is 0. The predicted octanol–water partition coefficient (Wildman–Crippen LogP) is 4.76. The molecule has 3 aromatic rings. The third kappa shape index (κ3) is 5.87. The van der Waals surface area contributed by atoms with Gasteiger partial charge in [0.15, 0.2) is 11.0 Å². The van der Waals surface area contributed by atoms with Crippen LogP contribution in [0.5, 0.6) is 0 Å². The average Bonchev–Trinajstić information content (AvgIpc) is 3.10. The van der Waals surface area contributed by atoms with E-state index in [4.69, 9.17) is 11.6 Å². The zero-order chi connectivity index (χ0) is 22.5. The number of rotatable bonds is 7. The van der Waals surface area contributed by atoms with Gasteiger partial charge in [0.2, 0.25) is 5.91 Å².